The first-order chi connectivity index (χ1) is 12.2. The van der Waals surface area contributed by atoms with Gasteiger partial charge in [0.25, 0.3) is 0 Å². The molecule has 1 aromatic carbocycles. The Bertz CT molecular complexity index is 901. The number of hydrogen-bond acceptors (Lipinski definition) is 5. The Morgan fingerprint density at radius 1 is 1.12 bits per heavy atom. The van der Waals surface area contributed by atoms with Crippen molar-refractivity contribution in [2.75, 3.05) is 29.5 Å². The van der Waals surface area contributed by atoms with Crippen LogP contribution >= 0.6 is 0 Å². The van der Waals surface area contributed by atoms with Crippen molar-refractivity contribution in [3.05, 3.63) is 54.8 Å². The smallest absolute Gasteiger partial charge is 0.229 e. The maximum Gasteiger partial charge on any atom is 0.229 e. The Labute approximate surface area is 147 Å². The van der Waals surface area contributed by atoms with Crippen molar-refractivity contribution in [2.45, 2.75) is 0 Å². The maximum atomic E-state index is 13.8. The molecule has 0 atom stereocenters. The number of pyridine rings is 1. The summed E-state index contributed by atoms with van der Waals surface area (Å²) in [5, 5.41) is 0. The number of nitrogens with zero attached hydrogens (tertiary/aromatic N) is 3. The summed E-state index contributed by atoms with van der Waals surface area (Å²) in [6.45, 7) is 1.61. The van der Waals surface area contributed by atoms with Crippen LogP contribution in [0.2, 0.25) is 0 Å². The molecule has 0 saturated carbocycles. The summed E-state index contributed by atoms with van der Waals surface area (Å²) in [6.07, 6.45) is 4.16. The third kappa shape index (κ3) is 3.32. The Hall–Kier alpha value is -2.54. The molecule has 3 aromatic rings. The van der Waals surface area contributed by atoms with Crippen molar-refractivity contribution in [1.29, 1.82) is 0 Å². The minimum atomic E-state index is -0.685. The van der Waals surface area contributed by atoms with E-state index in [-0.39, 0.29) is 5.89 Å². The molecule has 1 aliphatic rings. The molecule has 128 valence electrons. The van der Waals surface area contributed by atoms with Crippen molar-refractivity contribution in [3.63, 3.8) is 0 Å². The molecular formula is C18H16FN3O2S. The van der Waals surface area contributed by atoms with Crippen molar-refractivity contribution < 1.29 is 13.0 Å². The molecule has 1 saturated heterocycles. The van der Waals surface area contributed by atoms with E-state index < -0.39 is 16.6 Å². The fourth-order valence-electron chi connectivity index (χ4n) is 2.82. The lowest BCUT2D eigenvalue weighted by Crippen LogP contribution is -2.37. The number of benzene rings is 1. The standard InChI is InChI=1S/C18H16FN3O2S/c19-16-11-20-6-5-15(16)18-21-17(12-24-18)13-1-3-14(4-2-13)22-7-9-25(23)10-8-22/h1-6,11-12H,7-10H2. The van der Waals surface area contributed by atoms with Gasteiger partial charge < -0.3 is 9.32 Å². The van der Waals surface area contributed by atoms with Crippen LogP contribution in [0.15, 0.2) is 53.4 Å². The minimum Gasteiger partial charge on any atom is -0.444 e. The number of hydrogen-bond donors (Lipinski definition) is 0. The molecule has 4 rings (SSSR count). The van der Waals surface area contributed by atoms with Crippen LogP contribution in [0.3, 0.4) is 0 Å². The Morgan fingerprint density at radius 2 is 1.88 bits per heavy atom. The summed E-state index contributed by atoms with van der Waals surface area (Å²) in [6, 6.07) is 9.50. The number of anilines is 1. The first kappa shape index (κ1) is 16.0. The van der Waals surface area contributed by atoms with Gasteiger partial charge >= 0.3 is 0 Å². The number of oxazole rings is 1. The highest BCUT2D eigenvalue weighted by Gasteiger charge is 2.16. The first-order valence-corrected chi connectivity index (χ1v) is 9.45. The van der Waals surface area contributed by atoms with E-state index in [1.807, 2.05) is 24.3 Å². The Morgan fingerprint density at radius 3 is 2.60 bits per heavy atom. The van der Waals surface area contributed by atoms with Crippen molar-refractivity contribution in [3.8, 4) is 22.7 Å². The van der Waals surface area contributed by atoms with E-state index in [1.165, 1.54) is 18.5 Å². The molecule has 0 aliphatic carbocycles. The van der Waals surface area contributed by atoms with E-state index in [9.17, 15) is 8.60 Å². The molecule has 1 aliphatic heterocycles. The zero-order valence-corrected chi connectivity index (χ0v) is 14.2. The van der Waals surface area contributed by atoms with Crippen molar-refractivity contribution >= 4 is 16.5 Å². The van der Waals surface area contributed by atoms with Gasteiger partial charge in [0.2, 0.25) is 5.89 Å². The van der Waals surface area contributed by atoms with Crippen LogP contribution in [0.4, 0.5) is 10.1 Å². The van der Waals surface area contributed by atoms with Gasteiger partial charge in [-0.15, -0.1) is 0 Å². The molecule has 2 aromatic heterocycles. The average Bonchev–Trinajstić information content (AvgIpc) is 3.13. The highest BCUT2D eigenvalue weighted by molar-refractivity contribution is 7.85. The summed E-state index contributed by atoms with van der Waals surface area (Å²) in [4.78, 5) is 10.3. The summed E-state index contributed by atoms with van der Waals surface area (Å²) in [5.41, 5.74) is 2.94. The van der Waals surface area contributed by atoms with Crippen LogP contribution in [0.25, 0.3) is 22.7 Å². The molecular weight excluding hydrogens is 341 g/mol. The van der Waals surface area contributed by atoms with Crippen LogP contribution in [-0.4, -0.2) is 38.8 Å². The highest BCUT2D eigenvalue weighted by Crippen LogP contribution is 2.27. The molecule has 25 heavy (non-hydrogen) atoms. The fraction of sp³-hybridized carbons (Fsp3) is 0.222. The van der Waals surface area contributed by atoms with Crippen LogP contribution in [0.1, 0.15) is 0 Å². The molecule has 0 N–H and O–H groups in total. The lowest BCUT2D eigenvalue weighted by molar-refractivity contribution is 0.561. The second-order valence-corrected chi connectivity index (χ2v) is 7.47. The molecule has 3 heterocycles. The largest absolute Gasteiger partial charge is 0.444 e. The van der Waals surface area contributed by atoms with Gasteiger partial charge in [-0.25, -0.2) is 9.37 Å². The second kappa shape index (κ2) is 6.76. The third-order valence-corrected chi connectivity index (χ3v) is 5.49. The minimum absolute atomic E-state index is 0.234. The van der Waals surface area contributed by atoms with E-state index in [0.29, 0.717) is 22.8 Å². The van der Waals surface area contributed by atoms with Crippen LogP contribution in [0.5, 0.6) is 0 Å². The van der Waals surface area contributed by atoms with E-state index in [0.717, 1.165) is 30.5 Å². The summed E-state index contributed by atoms with van der Waals surface area (Å²) >= 11 is 0. The van der Waals surface area contributed by atoms with Crippen molar-refractivity contribution in [1.82, 2.24) is 9.97 Å². The van der Waals surface area contributed by atoms with Crippen LogP contribution < -0.4 is 4.90 Å². The zero-order valence-electron chi connectivity index (χ0n) is 13.4. The fourth-order valence-corrected chi connectivity index (χ4v) is 3.87. The molecule has 0 amide bonds. The second-order valence-electron chi connectivity index (χ2n) is 5.78. The van der Waals surface area contributed by atoms with E-state index in [4.69, 9.17) is 4.42 Å². The van der Waals surface area contributed by atoms with Gasteiger partial charge in [0.05, 0.1) is 11.8 Å². The number of aromatic nitrogens is 2. The summed E-state index contributed by atoms with van der Waals surface area (Å²) in [5.74, 6) is 1.20. The van der Waals surface area contributed by atoms with E-state index in [1.54, 1.807) is 0 Å². The number of rotatable bonds is 3. The molecule has 0 bridgehead atoms. The van der Waals surface area contributed by atoms with Gasteiger partial charge in [-0.05, 0) is 18.2 Å². The Balaban J connectivity index is 1.55. The molecule has 0 unspecified atom stereocenters. The molecule has 1 fully saturated rings. The molecule has 7 heteroatoms. The average molecular weight is 357 g/mol. The quantitative estimate of drug-likeness (QED) is 0.721. The predicted molar refractivity (Wildman–Crippen MR) is 95.2 cm³/mol. The third-order valence-electron chi connectivity index (χ3n) is 4.21. The van der Waals surface area contributed by atoms with Gasteiger partial charge in [0, 0.05) is 52.8 Å². The van der Waals surface area contributed by atoms with Gasteiger partial charge in [0.15, 0.2) is 5.82 Å². The van der Waals surface area contributed by atoms with Gasteiger partial charge in [-0.3, -0.25) is 9.19 Å². The maximum absolute atomic E-state index is 13.8. The molecule has 0 radical (unpaired) electrons. The van der Waals surface area contributed by atoms with Gasteiger partial charge in [-0.1, -0.05) is 12.1 Å². The predicted octanol–water partition coefficient (Wildman–Crippen LogP) is 3.11. The molecule has 0 spiro atoms. The van der Waals surface area contributed by atoms with Gasteiger partial charge in [-0.2, -0.15) is 0 Å². The van der Waals surface area contributed by atoms with Crippen LogP contribution in [-0.2, 0) is 10.8 Å². The van der Waals surface area contributed by atoms with Gasteiger partial charge in [0.1, 0.15) is 12.0 Å². The zero-order chi connectivity index (χ0) is 17.2. The van der Waals surface area contributed by atoms with Crippen molar-refractivity contribution in [2.24, 2.45) is 0 Å². The Kier molecular flexibility index (Phi) is 4.31. The lowest BCUT2D eigenvalue weighted by atomic mass is 10.1. The van der Waals surface area contributed by atoms with E-state index >= 15 is 0 Å². The summed E-state index contributed by atoms with van der Waals surface area (Å²) in [7, 11) is -0.685. The normalized spacial score (nSPS) is 15.5. The SMILES string of the molecule is O=S1CCN(c2ccc(-c3coc(-c4ccncc4F)n3)cc2)CC1. The summed E-state index contributed by atoms with van der Waals surface area (Å²) < 4.78 is 30.7. The topological polar surface area (TPSA) is 59.2 Å². The first-order valence-electron chi connectivity index (χ1n) is 7.96. The van der Waals surface area contributed by atoms with Crippen LogP contribution in [0, 0.1) is 5.82 Å². The monoisotopic (exact) mass is 357 g/mol. The molecule has 5 nitrogen and oxygen atoms in total. The highest BCUT2D eigenvalue weighted by atomic mass is 32.2. The number of halogens is 1. The van der Waals surface area contributed by atoms with E-state index in [2.05, 4.69) is 14.9 Å². The lowest BCUT2D eigenvalue weighted by Gasteiger charge is -2.28.